The van der Waals surface area contributed by atoms with Crippen molar-refractivity contribution in [1.82, 2.24) is 5.32 Å². The van der Waals surface area contributed by atoms with Gasteiger partial charge in [0.2, 0.25) is 5.91 Å². The monoisotopic (exact) mass is 431 g/mol. The van der Waals surface area contributed by atoms with Gasteiger partial charge in [-0.15, -0.1) is 0 Å². The summed E-state index contributed by atoms with van der Waals surface area (Å²) < 4.78 is 31.8. The normalized spacial score (nSPS) is 20.3. The molecule has 3 N–H and O–H groups in total. The van der Waals surface area contributed by atoms with Crippen molar-refractivity contribution in [1.29, 1.82) is 0 Å². The molecule has 0 saturated carbocycles. The van der Waals surface area contributed by atoms with Crippen LogP contribution in [0.3, 0.4) is 0 Å². The molecule has 31 heavy (non-hydrogen) atoms. The van der Waals surface area contributed by atoms with Crippen LogP contribution in [0.5, 0.6) is 0 Å². The second kappa shape index (κ2) is 7.95. The lowest BCUT2D eigenvalue weighted by Gasteiger charge is -2.24. The maximum atomic E-state index is 13.7. The first-order chi connectivity index (χ1) is 14.7. The van der Waals surface area contributed by atoms with Gasteiger partial charge < -0.3 is 25.4 Å². The molecular weight excluding hydrogens is 412 g/mol. The molecule has 0 radical (unpaired) electrons. The molecule has 2 heterocycles. The van der Waals surface area contributed by atoms with Crippen LogP contribution in [-0.2, 0) is 27.3 Å². The molecule has 2 aromatic carbocycles. The minimum absolute atomic E-state index is 0.0793. The van der Waals surface area contributed by atoms with Gasteiger partial charge in [0.05, 0.1) is 0 Å². The van der Waals surface area contributed by atoms with E-state index in [0.717, 1.165) is 23.8 Å². The summed E-state index contributed by atoms with van der Waals surface area (Å²) in [6.45, 7) is -0.279. The number of nitrogens with zero attached hydrogens (tertiary/aromatic N) is 1. The van der Waals surface area contributed by atoms with Crippen LogP contribution in [-0.4, -0.2) is 35.3 Å². The molecule has 1 fully saturated rings. The fourth-order valence-corrected chi connectivity index (χ4v) is 3.60. The second-order valence-electron chi connectivity index (χ2n) is 7.36. The molecule has 0 unspecified atom stereocenters. The highest BCUT2D eigenvalue weighted by Crippen LogP contribution is 2.33. The number of aliphatic hydroxyl groups is 1. The van der Waals surface area contributed by atoms with Gasteiger partial charge in [-0.2, -0.15) is 0 Å². The number of aryl methyl sites for hydroxylation is 1. The SMILES string of the molecule is O=C1CCc2cc(N3CC[C@](O)(OC(=O)NCc4cc(F)ccc4F)C3=O)ccc2N1. The number of carbonyl (C=O) groups excluding carboxylic acids is 3. The third kappa shape index (κ3) is 4.19. The summed E-state index contributed by atoms with van der Waals surface area (Å²) in [5.41, 5.74) is 1.92. The van der Waals surface area contributed by atoms with Crippen LogP contribution < -0.4 is 15.5 Å². The maximum absolute atomic E-state index is 13.7. The molecule has 8 nitrogen and oxygen atoms in total. The third-order valence-electron chi connectivity index (χ3n) is 5.24. The summed E-state index contributed by atoms with van der Waals surface area (Å²) >= 11 is 0. The quantitative estimate of drug-likeness (QED) is 0.644. The van der Waals surface area contributed by atoms with Crippen molar-refractivity contribution in [2.45, 2.75) is 31.6 Å². The fraction of sp³-hybridized carbons (Fsp3) is 0.286. The van der Waals surface area contributed by atoms with E-state index < -0.39 is 29.4 Å². The van der Waals surface area contributed by atoms with Gasteiger partial charge in [-0.05, 0) is 48.4 Å². The number of ether oxygens (including phenoxy) is 1. The van der Waals surface area contributed by atoms with Crippen LogP contribution >= 0.6 is 0 Å². The van der Waals surface area contributed by atoms with Gasteiger partial charge in [-0.25, -0.2) is 13.6 Å². The smallest absolute Gasteiger partial charge is 0.407 e. The first kappa shape index (κ1) is 20.7. The number of nitrogens with one attached hydrogen (secondary N) is 2. The predicted octanol–water partition coefficient (Wildman–Crippen LogP) is 2.20. The number of amides is 3. The van der Waals surface area contributed by atoms with Crippen molar-refractivity contribution in [3.63, 3.8) is 0 Å². The number of anilines is 2. The third-order valence-corrected chi connectivity index (χ3v) is 5.24. The number of halogens is 2. The van der Waals surface area contributed by atoms with E-state index in [1.807, 2.05) is 0 Å². The molecule has 162 valence electrons. The standard InChI is InChI=1S/C21H19F2N3O5/c22-14-2-4-16(23)13(9-14)11-24-20(29)31-21(30)7-8-26(19(21)28)15-3-5-17-12(10-15)1-6-18(27)25-17/h2-5,9-10,30H,1,6-8,11H2,(H,24,29)(H,25,27)/t21-/m0/s1. The molecule has 3 amide bonds. The van der Waals surface area contributed by atoms with Gasteiger partial charge in [-0.3, -0.25) is 9.59 Å². The summed E-state index contributed by atoms with van der Waals surface area (Å²) in [6.07, 6.45) is -0.448. The molecule has 1 saturated heterocycles. The molecule has 2 aliphatic rings. The Hall–Kier alpha value is -3.53. The van der Waals surface area contributed by atoms with Gasteiger partial charge in [0, 0.05) is 42.9 Å². The van der Waals surface area contributed by atoms with Gasteiger partial charge in [-0.1, -0.05) is 0 Å². The molecule has 0 aliphatic carbocycles. The zero-order chi connectivity index (χ0) is 22.2. The molecular formula is C21H19F2N3O5. The molecule has 10 heteroatoms. The number of carbonyl (C=O) groups is 3. The van der Waals surface area contributed by atoms with Gasteiger partial charge in [0.25, 0.3) is 11.7 Å². The number of rotatable bonds is 4. The van der Waals surface area contributed by atoms with Crippen LogP contribution in [0.2, 0.25) is 0 Å². The van der Waals surface area contributed by atoms with E-state index >= 15 is 0 Å². The number of fused-ring (bicyclic) bond motifs is 1. The molecule has 1 atom stereocenters. The summed E-state index contributed by atoms with van der Waals surface area (Å²) in [5, 5.41) is 15.5. The number of hydrogen-bond donors (Lipinski definition) is 3. The Morgan fingerprint density at radius 1 is 1.19 bits per heavy atom. The van der Waals surface area contributed by atoms with E-state index in [4.69, 9.17) is 4.74 Å². The average Bonchev–Trinajstić information content (AvgIpc) is 3.02. The maximum Gasteiger partial charge on any atom is 0.410 e. The Morgan fingerprint density at radius 2 is 2.00 bits per heavy atom. The first-order valence-electron chi connectivity index (χ1n) is 9.63. The van der Waals surface area contributed by atoms with E-state index in [-0.39, 0.29) is 31.0 Å². The minimum Gasteiger partial charge on any atom is -0.407 e. The molecule has 0 bridgehead atoms. The van der Waals surface area contributed by atoms with Crippen molar-refractivity contribution < 1.29 is 33.0 Å². The van der Waals surface area contributed by atoms with Crippen LogP contribution in [0.4, 0.5) is 25.0 Å². The highest BCUT2D eigenvalue weighted by atomic mass is 19.1. The number of hydrogen-bond acceptors (Lipinski definition) is 5. The van der Waals surface area contributed by atoms with Gasteiger partial charge in [0.1, 0.15) is 11.6 Å². The highest BCUT2D eigenvalue weighted by molar-refractivity contribution is 6.02. The Balaban J connectivity index is 1.41. The first-order valence-corrected chi connectivity index (χ1v) is 9.63. The fourth-order valence-electron chi connectivity index (χ4n) is 3.60. The number of alkyl carbamates (subject to hydrolysis) is 1. The summed E-state index contributed by atoms with van der Waals surface area (Å²) in [7, 11) is 0. The highest BCUT2D eigenvalue weighted by Gasteiger charge is 2.49. The van der Waals surface area contributed by atoms with Gasteiger partial charge >= 0.3 is 6.09 Å². The lowest BCUT2D eigenvalue weighted by Crippen LogP contribution is -2.46. The Labute approximate surface area is 175 Å². The molecule has 4 rings (SSSR count). The predicted molar refractivity (Wildman–Crippen MR) is 105 cm³/mol. The van der Waals surface area contributed by atoms with Gasteiger partial charge in [0.15, 0.2) is 0 Å². The van der Waals surface area contributed by atoms with Crippen LogP contribution in [0.1, 0.15) is 24.0 Å². The van der Waals surface area contributed by atoms with Crippen molar-refractivity contribution in [3.8, 4) is 0 Å². The Bertz CT molecular complexity index is 1080. The van der Waals surface area contributed by atoms with E-state index in [1.54, 1.807) is 18.2 Å². The van der Waals surface area contributed by atoms with Crippen molar-refractivity contribution in [3.05, 3.63) is 59.2 Å². The minimum atomic E-state index is -2.38. The van der Waals surface area contributed by atoms with Crippen LogP contribution in [0, 0.1) is 11.6 Å². The zero-order valence-electron chi connectivity index (χ0n) is 16.3. The summed E-state index contributed by atoms with van der Waals surface area (Å²) in [5.74, 6) is -4.67. The van der Waals surface area contributed by atoms with E-state index in [2.05, 4.69) is 10.6 Å². The molecule has 0 aromatic heterocycles. The Kier molecular flexibility index (Phi) is 5.32. The van der Waals surface area contributed by atoms with Crippen molar-refractivity contribution >= 4 is 29.3 Å². The topological polar surface area (TPSA) is 108 Å². The lowest BCUT2D eigenvalue weighted by atomic mass is 10.0. The van der Waals surface area contributed by atoms with Crippen LogP contribution in [0.25, 0.3) is 0 Å². The molecule has 2 aromatic rings. The number of benzene rings is 2. The second-order valence-corrected chi connectivity index (χ2v) is 7.36. The van der Waals surface area contributed by atoms with Crippen molar-refractivity contribution in [2.75, 3.05) is 16.8 Å². The molecule has 2 aliphatic heterocycles. The zero-order valence-corrected chi connectivity index (χ0v) is 16.3. The molecule has 0 spiro atoms. The van der Waals surface area contributed by atoms with E-state index in [1.165, 1.54) is 4.90 Å². The summed E-state index contributed by atoms with van der Waals surface area (Å²) in [6, 6.07) is 7.83. The van der Waals surface area contributed by atoms with E-state index in [0.29, 0.717) is 24.2 Å². The average molecular weight is 431 g/mol. The van der Waals surface area contributed by atoms with E-state index in [9.17, 15) is 28.3 Å². The lowest BCUT2D eigenvalue weighted by molar-refractivity contribution is -0.175. The largest absolute Gasteiger partial charge is 0.410 e. The van der Waals surface area contributed by atoms with Crippen molar-refractivity contribution in [2.24, 2.45) is 0 Å². The Morgan fingerprint density at radius 3 is 2.81 bits per heavy atom. The summed E-state index contributed by atoms with van der Waals surface area (Å²) in [4.78, 5) is 37.6. The van der Waals surface area contributed by atoms with Crippen LogP contribution in [0.15, 0.2) is 36.4 Å².